The number of rotatable bonds is 9. The van der Waals surface area contributed by atoms with Crippen molar-refractivity contribution in [3.8, 4) is 17.2 Å². The molecule has 8 heteroatoms. The van der Waals surface area contributed by atoms with Gasteiger partial charge < -0.3 is 29.0 Å². The Balaban J connectivity index is 2.28. The lowest BCUT2D eigenvalue weighted by atomic mass is 9.85. The molecule has 0 bridgehead atoms. The van der Waals surface area contributed by atoms with Crippen molar-refractivity contribution < 1.29 is 33.6 Å². The van der Waals surface area contributed by atoms with Crippen LogP contribution in [0.25, 0.3) is 5.76 Å². The number of carbonyl (C=O) groups excluding carboxylic acids is 2. The van der Waals surface area contributed by atoms with E-state index < -0.39 is 17.7 Å². The molecule has 0 saturated carbocycles. The molecule has 0 aromatic heterocycles. The molecule has 0 aliphatic carbocycles. The van der Waals surface area contributed by atoms with Gasteiger partial charge in [0.1, 0.15) is 11.5 Å². The molecular weight excluding hydrogens is 462 g/mol. The Morgan fingerprint density at radius 1 is 0.972 bits per heavy atom. The molecule has 0 spiro atoms. The van der Waals surface area contributed by atoms with Gasteiger partial charge in [-0.15, -0.1) is 0 Å². The topological polar surface area (TPSA) is 94.5 Å². The fraction of sp³-hybridized carbons (Fsp3) is 0.429. The van der Waals surface area contributed by atoms with Crippen molar-refractivity contribution in [2.24, 2.45) is 0 Å². The van der Waals surface area contributed by atoms with Crippen molar-refractivity contribution in [2.75, 3.05) is 41.1 Å². The van der Waals surface area contributed by atoms with E-state index in [1.807, 2.05) is 13.0 Å². The lowest BCUT2D eigenvalue weighted by Crippen LogP contribution is -2.32. The van der Waals surface area contributed by atoms with Crippen LogP contribution in [-0.4, -0.2) is 62.8 Å². The Morgan fingerprint density at radius 3 is 2.22 bits per heavy atom. The van der Waals surface area contributed by atoms with Crippen molar-refractivity contribution in [1.29, 1.82) is 0 Å². The molecule has 1 amide bonds. The number of aliphatic hydroxyl groups excluding tert-OH is 1. The quantitative estimate of drug-likeness (QED) is 0.310. The lowest BCUT2D eigenvalue weighted by molar-refractivity contribution is -0.140. The fourth-order valence-corrected chi connectivity index (χ4v) is 4.28. The predicted octanol–water partition coefficient (Wildman–Crippen LogP) is 4.47. The number of hydrogen-bond acceptors (Lipinski definition) is 7. The van der Waals surface area contributed by atoms with Crippen LogP contribution in [0.5, 0.6) is 17.2 Å². The summed E-state index contributed by atoms with van der Waals surface area (Å²) in [5.41, 5.74) is 1.65. The summed E-state index contributed by atoms with van der Waals surface area (Å²) < 4.78 is 21.8. The fourth-order valence-electron chi connectivity index (χ4n) is 4.28. The highest BCUT2D eigenvalue weighted by Crippen LogP contribution is 2.43. The standard InChI is InChI=1S/C28H35NO7/c1-8-36-22-15-17(9-11-21(22)35-7)24-23(26(31)27(32)29(24)13-14-33-5)25(30)19-16-18(28(2,3)4)10-12-20(19)34-6/h9-12,15-16,24,30H,8,13-14H2,1-7H3/b25-23+. The van der Waals surface area contributed by atoms with E-state index >= 15 is 0 Å². The first-order valence-electron chi connectivity index (χ1n) is 11.9. The van der Waals surface area contributed by atoms with Crippen LogP contribution in [0.2, 0.25) is 0 Å². The summed E-state index contributed by atoms with van der Waals surface area (Å²) in [5, 5.41) is 11.6. The largest absolute Gasteiger partial charge is 0.507 e. The molecule has 1 N–H and O–H groups in total. The third-order valence-corrected chi connectivity index (χ3v) is 6.20. The molecule has 8 nitrogen and oxygen atoms in total. The number of carbonyl (C=O) groups is 2. The monoisotopic (exact) mass is 497 g/mol. The zero-order chi connectivity index (χ0) is 26.6. The summed E-state index contributed by atoms with van der Waals surface area (Å²) >= 11 is 0. The van der Waals surface area contributed by atoms with Gasteiger partial charge in [-0.1, -0.05) is 32.9 Å². The van der Waals surface area contributed by atoms with Crippen LogP contribution in [0.4, 0.5) is 0 Å². The molecule has 0 radical (unpaired) electrons. The number of Topliss-reactive ketones (excluding diaryl/α,β-unsaturated/α-hetero) is 1. The zero-order valence-corrected chi connectivity index (χ0v) is 22.0. The summed E-state index contributed by atoms with van der Waals surface area (Å²) in [5.74, 6) is -0.387. The number of ether oxygens (including phenoxy) is 4. The van der Waals surface area contributed by atoms with Crippen LogP contribution in [0.15, 0.2) is 42.0 Å². The molecule has 1 aliphatic heterocycles. The second-order valence-electron chi connectivity index (χ2n) is 9.49. The average molecular weight is 498 g/mol. The van der Waals surface area contributed by atoms with Gasteiger partial charge in [0.15, 0.2) is 11.5 Å². The van der Waals surface area contributed by atoms with Gasteiger partial charge in [-0.2, -0.15) is 0 Å². The van der Waals surface area contributed by atoms with Gasteiger partial charge in [0.05, 0.1) is 44.6 Å². The van der Waals surface area contributed by atoms with Gasteiger partial charge in [0.25, 0.3) is 11.7 Å². The molecule has 1 aliphatic rings. The summed E-state index contributed by atoms with van der Waals surface area (Å²) in [6.07, 6.45) is 0. The highest BCUT2D eigenvalue weighted by Gasteiger charge is 2.46. The summed E-state index contributed by atoms with van der Waals surface area (Å²) in [6.45, 7) is 8.79. The number of amides is 1. The Labute approximate surface area is 212 Å². The van der Waals surface area contributed by atoms with Crippen LogP contribution in [0.1, 0.15) is 50.4 Å². The Bertz CT molecular complexity index is 1160. The average Bonchev–Trinajstić information content (AvgIpc) is 3.11. The van der Waals surface area contributed by atoms with Gasteiger partial charge in [0.2, 0.25) is 0 Å². The first kappa shape index (κ1) is 27.1. The Kier molecular flexibility index (Phi) is 8.30. The molecule has 1 saturated heterocycles. The second kappa shape index (κ2) is 11.0. The van der Waals surface area contributed by atoms with Crippen molar-refractivity contribution in [1.82, 2.24) is 4.90 Å². The Morgan fingerprint density at radius 2 is 1.64 bits per heavy atom. The zero-order valence-electron chi connectivity index (χ0n) is 22.0. The van der Waals surface area contributed by atoms with E-state index in [0.29, 0.717) is 35.0 Å². The van der Waals surface area contributed by atoms with Crippen molar-refractivity contribution >= 4 is 17.4 Å². The van der Waals surface area contributed by atoms with Crippen LogP contribution < -0.4 is 14.2 Å². The number of ketones is 1. The predicted molar refractivity (Wildman–Crippen MR) is 137 cm³/mol. The molecule has 36 heavy (non-hydrogen) atoms. The minimum absolute atomic E-state index is 0.0203. The molecular formula is C28H35NO7. The first-order valence-corrected chi connectivity index (χ1v) is 11.9. The van der Waals surface area contributed by atoms with Crippen molar-refractivity contribution in [2.45, 2.75) is 39.2 Å². The smallest absolute Gasteiger partial charge is 0.295 e. The van der Waals surface area contributed by atoms with E-state index in [1.165, 1.54) is 26.2 Å². The van der Waals surface area contributed by atoms with Gasteiger partial charge in [0, 0.05) is 13.7 Å². The van der Waals surface area contributed by atoms with E-state index in [4.69, 9.17) is 18.9 Å². The summed E-state index contributed by atoms with van der Waals surface area (Å²) in [4.78, 5) is 27.9. The lowest BCUT2D eigenvalue weighted by Gasteiger charge is -2.26. The van der Waals surface area contributed by atoms with Gasteiger partial charge in [-0.3, -0.25) is 9.59 Å². The van der Waals surface area contributed by atoms with Gasteiger partial charge in [-0.25, -0.2) is 0 Å². The molecule has 1 atom stereocenters. The number of benzene rings is 2. The van der Waals surface area contributed by atoms with Gasteiger partial charge >= 0.3 is 0 Å². The Hall–Kier alpha value is -3.52. The third kappa shape index (κ3) is 5.18. The number of nitrogens with zero attached hydrogens (tertiary/aromatic N) is 1. The molecule has 1 heterocycles. The minimum Gasteiger partial charge on any atom is -0.507 e. The first-order chi connectivity index (χ1) is 17.1. The van der Waals surface area contributed by atoms with E-state index in [2.05, 4.69) is 20.8 Å². The molecule has 3 rings (SSSR count). The summed E-state index contributed by atoms with van der Waals surface area (Å²) in [7, 11) is 4.56. The van der Waals surface area contributed by atoms with E-state index in [0.717, 1.165) is 5.56 Å². The maximum Gasteiger partial charge on any atom is 0.295 e. The van der Waals surface area contributed by atoms with Gasteiger partial charge in [-0.05, 0) is 47.7 Å². The van der Waals surface area contributed by atoms with E-state index in [9.17, 15) is 14.7 Å². The maximum absolute atomic E-state index is 13.3. The number of likely N-dealkylation sites (tertiary alicyclic amines) is 1. The number of aliphatic hydroxyl groups is 1. The maximum atomic E-state index is 13.3. The molecule has 2 aromatic carbocycles. The van der Waals surface area contributed by atoms with E-state index in [-0.39, 0.29) is 29.9 Å². The molecule has 194 valence electrons. The van der Waals surface area contributed by atoms with Crippen LogP contribution in [-0.2, 0) is 19.7 Å². The number of methoxy groups -OCH3 is 3. The minimum atomic E-state index is -0.853. The van der Waals surface area contributed by atoms with Crippen molar-refractivity contribution in [3.05, 3.63) is 58.7 Å². The number of hydrogen-bond donors (Lipinski definition) is 1. The van der Waals surface area contributed by atoms with Crippen LogP contribution >= 0.6 is 0 Å². The normalized spacial score (nSPS) is 17.4. The van der Waals surface area contributed by atoms with Crippen molar-refractivity contribution in [3.63, 3.8) is 0 Å². The summed E-state index contributed by atoms with van der Waals surface area (Å²) in [6, 6.07) is 9.83. The highest BCUT2D eigenvalue weighted by molar-refractivity contribution is 6.46. The van der Waals surface area contributed by atoms with E-state index in [1.54, 1.807) is 30.3 Å². The third-order valence-electron chi connectivity index (χ3n) is 6.20. The second-order valence-corrected chi connectivity index (χ2v) is 9.49. The highest BCUT2D eigenvalue weighted by atomic mass is 16.5. The van der Waals surface area contributed by atoms with Crippen LogP contribution in [0, 0.1) is 0 Å². The molecule has 1 unspecified atom stereocenters. The molecule has 1 fully saturated rings. The SMILES string of the molecule is CCOc1cc(C2/C(=C(\O)c3cc(C(C)(C)C)ccc3OC)C(=O)C(=O)N2CCOC)ccc1OC. The van der Waals surface area contributed by atoms with Crippen LogP contribution in [0.3, 0.4) is 0 Å². The molecule has 2 aromatic rings.